The van der Waals surface area contributed by atoms with Crippen LogP contribution < -0.4 is 5.73 Å². The number of aryl methyl sites for hydroxylation is 2. The lowest BCUT2D eigenvalue weighted by atomic mass is 10.0. The molecule has 3 rings (SSSR count). The summed E-state index contributed by atoms with van der Waals surface area (Å²) in [4.78, 5) is 4.53. The summed E-state index contributed by atoms with van der Waals surface area (Å²) in [6.07, 6.45) is 6.14. The van der Waals surface area contributed by atoms with E-state index >= 15 is 0 Å². The van der Waals surface area contributed by atoms with E-state index in [0.29, 0.717) is 0 Å². The van der Waals surface area contributed by atoms with Crippen molar-refractivity contribution in [3.8, 4) is 0 Å². The third kappa shape index (κ3) is 2.54. The van der Waals surface area contributed by atoms with Gasteiger partial charge in [0.15, 0.2) is 0 Å². The molecule has 2 heteroatoms. The van der Waals surface area contributed by atoms with Gasteiger partial charge in [0.2, 0.25) is 0 Å². The van der Waals surface area contributed by atoms with Crippen LogP contribution in [0.5, 0.6) is 0 Å². The summed E-state index contributed by atoms with van der Waals surface area (Å²) in [6.45, 7) is 2.15. The molecule has 1 unspecified atom stereocenters. The lowest BCUT2D eigenvalue weighted by Crippen LogP contribution is -2.05. The molecule has 1 atom stereocenters. The van der Waals surface area contributed by atoms with E-state index in [2.05, 4.69) is 42.2 Å². The third-order valence-electron chi connectivity index (χ3n) is 4.01. The minimum atomic E-state index is 0.242. The van der Waals surface area contributed by atoms with Gasteiger partial charge in [-0.15, -0.1) is 0 Å². The lowest BCUT2D eigenvalue weighted by molar-refractivity contribution is 0.713. The van der Waals surface area contributed by atoms with Crippen LogP contribution in [0, 0.1) is 0 Å². The molecular weight excluding hydrogens is 232 g/mol. The molecule has 0 spiro atoms. The number of aromatic nitrogens is 1. The van der Waals surface area contributed by atoms with Crippen molar-refractivity contribution in [2.75, 3.05) is 0 Å². The van der Waals surface area contributed by atoms with Crippen molar-refractivity contribution in [1.82, 2.24) is 4.98 Å². The number of nitrogens with zero attached hydrogens (tertiary/aromatic N) is 1. The molecule has 2 aromatic rings. The van der Waals surface area contributed by atoms with Gasteiger partial charge in [0, 0.05) is 24.4 Å². The second-order valence-electron chi connectivity index (χ2n) is 5.37. The van der Waals surface area contributed by atoms with Gasteiger partial charge in [0.1, 0.15) is 0 Å². The molecule has 0 radical (unpaired) electrons. The molecule has 1 aromatic heterocycles. The Hall–Kier alpha value is -1.67. The number of benzene rings is 1. The molecule has 1 heterocycles. The fourth-order valence-electron chi connectivity index (χ4n) is 2.79. The van der Waals surface area contributed by atoms with Gasteiger partial charge in [0.25, 0.3) is 0 Å². The Morgan fingerprint density at radius 1 is 1.21 bits per heavy atom. The highest BCUT2D eigenvalue weighted by molar-refractivity contribution is 5.39. The van der Waals surface area contributed by atoms with Crippen LogP contribution in [0.15, 0.2) is 36.5 Å². The Bertz CT molecular complexity index is 572. The van der Waals surface area contributed by atoms with Crippen LogP contribution in [-0.4, -0.2) is 4.98 Å². The average Bonchev–Trinajstić information content (AvgIpc) is 2.81. The normalized spacial score (nSPS) is 17.5. The minimum absolute atomic E-state index is 0.242. The lowest BCUT2D eigenvalue weighted by Gasteiger charge is -2.07. The maximum absolute atomic E-state index is 6.07. The predicted octanol–water partition coefficient (Wildman–Crippen LogP) is 3.18. The SMILES string of the molecule is CCc1ccc(Cc2ccc3c(c2)CCC3N)nc1. The second kappa shape index (κ2) is 5.14. The van der Waals surface area contributed by atoms with E-state index in [1.807, 2.05) is 6.20 Å². The monoisotopic (exact) mass is 252 g/mol. The fourth-order valence-corrected chi connectivity index (χ4v) is 2.79. The molecule has 98 valence electrons. The molecule has 0 bridgehead atoms. The van der Waals surface area contributed by atoms with Gasteiger partial charge in [-0.25, -0.2) is 0 Å². The number of hydrogen-bond acceptors (Lipinski definition) is 2. The summed E-state index contributed by atoms with van der Waals surface area (Å²) in [5, 5.41) is 0. The minimum Gasteiger partial charge on any atom is -0.324 e. The van der Waals surface area contributed by atoms with E-state index in [0.717, 1.165) is 31.4 Å². The standard InChI is InChI=1S/C17H20N2/c1-2-12-3-6-15(19-11-12)10-13-4-7-16-14(9-13)5-8-17(16)18/h3-4,6-7,9,11,17H,2,5,8,10,18H2,1H3. The van der Waals surface area contributed by atoms with Gasteiger partial charge in [-0.3, -0.25) is 4.98 Å². The first kappa shape index (κ1) is 12.4. The van der Waals surface area contributed by atoms with Crippen LogP contribution in [0.1, 0.15) is 47.3 Å². The van der Waals surface area contributed by atoms with Crippen molar-refractivity contribution in [3.05, 3.63) is 64.5 Å². The number of fused-ring (bicyclic) bond motifs is 1. The summed E-state index contributed by atoms with van der Waals surface area (Å²) < 4.78 is 0. The van der Waals surface area contributed by atoms with Gasteiger partial charge in [-0.2, -0.15) is 0 Å². The van der Waals surface area contributed by atoms with Crippen LogP contribution >= 0.6 is 0 Å². The van der Waals surface area contributed by atoms with Crippen molar-refractivity contribution in [1.29, 1.82) is 0 Å². The van der Waals surface area contributed by atoms with Crippen LogP contribution in [0.4, 0.5) is 0 Å². The highest BCUT2D eigenvalue weighted by atomic mass is 14.7. The molecule has 0 fully saturated rings. The van der Waals surface area contributed by atoms with Crippen molar-refractivity contribution >= 4 is 0 Å². The zero-order valence-electron chi connectivity index (χ0n) is 11.4. The highest BCUT2D eigenvalue weighted by Gasteiger charge is 2.18. The van der Waals surface area contributed by atoms with E-state index in [4.69, 9.17) is 5.73 Å². The van der Waals surface area contributed by atoms with Crippen molar-refractivity contribution in [2.45, 2.75) is 38.6 Å². The Morgan fingerprint density at radius 2 is 2.05 bits per heavy atom. The van der Waals surface area contributed by atoms with E-state index in [1.165, 1.54) is 22.3 Å². The molecule has 0 saturated carbocycles. The highest BCUT2D eigenvalue weighted by Crippen LogP contribution is 2.30. The largest absolute Gasteiger partial charge is 0.324 e. The second-order valence-corrected chi connectivity index (χ2v) is 5.37. The van der Waals surface area contributed by atoms with Crippen molar-refractivity contribution in [2.24, 2.45) is 5.73 Å². The van der Waals surface area contributed by atoms with Gasteiger partial charge >= 0.3 is 0 Å². The average molecular weight is 252 g/mol. The Balaban J connectivity index is 1.79. The Labute approximate surface area is 114 Å². The molecule has 1 aliphatic carbocycles. The number of pyridine rings is 1. The van der Waals surface area contributed by atoms with Gasteiger partial charge < -0.3 is 5.73 Å². The predicted molar refractivity (Wildman–Crippen MR) is 78.1 cm³/mol. The molecule has 0 saturated heterocycles. The van der Waals surface area contributed by atoms with Crippen molar-refractivity contribution < 1.29 is 0 Å². The molecular formula is C17H20N2. The molecule has 1 aromatic carbocycles. The fraction of sp³-hybridized carbons (Fsp3) is 0.353. The maximum Gasteiger partial charge on any atom is 0.0447 e. The van der Waals surface area contributed by atoms with E-state index < -0.39 is 0 Å². The Morgan fingerprint density at radius 3 is 2.79 bits per heavy atom. The van der Waals surface area contributed by atoms with E-state index in [9.17, 15) is 0 Å². The van der Waals surface area contributed by atoms with Gasteiger partial charge in [-0.05, 0) is 47.6 Å². The first-order valence-corrected chi connectivity index (χ1v) is 7.07. The summed E-state index contributed by atoms with van der Waals surface area (Å²) in [5.41, 5.74) is 12.6. The van der Waals surface area contributed by atoms with Crippen LogP contribution in [0.3, 0.4) is 0 Å². The quantitative estimate of drug-likeness (QED) is 0.911. The van der Waals surface area contributed by atoms with Crippen LogP contribution in [0.2, 0.25) is 0 Å². The molecule has 0 aliphatic heterocycles. The first-order valence-electron chi connectivity index (χ1n) is 7.07. The summed E-state index contributed by atoms with van der Waals surface area (Å²) in [5.74, 6) is 0. The summed E-state index contributed by atoms with van der Waals surface area (Å²) >= 11 is 0. The molecule has 19 heavy (non-hydrogen) atoms. The van der Waals surface area contributed by atoms with E-state index in [-0.39, 0.29) is 6.04 Å². The third-order valence-corrected chi connectivity index (χ3v) is 4.01. The number of hydrogen-bond donors (Lipinski definition) is 1. The molecule has 0 amide bonds. The molecule has 2 N–H and O–H groups in total. The van der Waals surface area contributed by atoms with Crippen LogP contribution in [0.25, 0.3) is 0 Å². The topological polar surface area (TPSA) is 38.9 Å². The van der Waals surface area contributed by atoms with Gasteiger partial charge in [0.05, 0.1) is 0 Å². The maximum atomic E-state index is 6.07. The van der Waals surface area contributed by atoms with Crippen LogP contribution in [-0.2, 0) is 19.3 Å². The summed E-state index contributed by atoms with van der Waals surface area (Å²) in [7, 11) is 0. The number of rotatable bonds is 3. The zero-order chi connectivity index (χ0) is 13.2. The molecule has 2 nitrogen and oxygen atoms in total. The van der Waals surface area contributed by atoms with Crippen molar-refractivity contribution in [3.63, 3.8) is 0 Å². The van der Waals surface area contributed by atoms with Gasteiger partial charge in [-0.1, -0.05) is 31.2 Å². The number of nitrogens with two attached hydrogens (primary N) is 1. The molecule has 1 aliphatic rings. The van der Waals surface area contributed by atoms with E-state index in [1.54, 1.807) is 0 Å². The zero-order valence-corrected chi connectivity index (χ0v) is 11.4. The summed E-state index contributed by atoms with van der Waals surface area (Å²) in [6, 6.07) is 11.2. The Kier molecular flexibility index (Phi) is 3.34. The first-order chi connectivity index (χ1) is 9.26. The smallest absolute Gasteiger partial charge is 0.0447 e.